The van der Waals surface area contributed by atoms with E-state index in [0.717, 1.165) is 74.9 Å². The first-order valence-electron chi connectivity index (χ1n) is 13.4. The van der Waals surface area contributed by atoms with Crippen molar-refractivity contribution in [1.82, 2.24) is 15.1 Å². The van der Waals surface area contributed by atoms with Gasteiger partial charge in [-0.05, 0) is 50.2 Å². The molecule has 0 aromatic heterocycles. The van der Waals surface area contributed by atoms with Crippen LogP contribution in [0.5, 0.6) is 5.75 Å². The van der Waals surface area contributed by atoms with Crippen LogP contribution in [0, 0.1) is 0 Å². The van der Waals surface area contributed by atoms with Crippen molar-refractivity contribution in [2.45, 2.75) is 89.6 Å². The summed E-state index contributed by atoms with van der Waals surface area (Å²) >= 11 is 0. The zero-order valence-electron chi connectivity index (χ0n) is 20.8. The molecule has 8 heteroatoms. The molecule has 1 aliphatic carbocycles. The summed E-state index contributed by atoms with van der Waals surface area (Å²) < 4.78 is 5.95. The van der Waals surface area contributed by atoms with E-state index in [2.05, 4.69) is 15.2 Å². The highest BCUT2D eigenvalue weighted by Gasteiger charge is 2.29. The quantitative estimate of drug-likeness (QED) is 0.415. The molecule has 0 spiro atoms. The third-order valence-electron chi connectivity index (χ3n) is 7.23. The number of ether oxygens (including phenoxy) is 1. The van der Waals surface area contributed by atoms with Gasteiger partial charge in [-0.1, -0.05) is 38.2 Å². The zero-order valence-corrected chi connectivity index (χ0v) is 20.8. The van der Waals surface area contributed by atoms with Crippen molar-refractivity contribution in [3.8, 4) is 5.75 Å². The van der Waals surface area contributed by atoms with E-state index in [-0.39, 0.29) is 18.4 Å². The molecular weight excluding hydrogens is 444 g/mol. The summed E-state index contributed by atoms with van der Waals surface area (Å²) in [7, 11) is 0. The number of guanidine groups is 1. The van der Waals surface area contributed by atoms with Crippen LogP contribution in [-0.2, 0) is 16.1 Å². The smallest absolute Gasteiger partial charge is 0.246 e. The molecule has 1 aromatic carbocycles. The average Bonchev–Trinajstić information content (AvgIpc) is 3.23. The third kappa shape index (κ3) is 7.19. The van der Waals surface area contributed by atoms with Crippen molar-refractivity contribution in [3.05, 3.63) is 23.8 Å². The van der Waals surface area contributed by atoms with Gasteiger partial charge in [0.1, 0.15) is 12.3 Å². The number of nitrogens with zero attached hydrogens (tertiary/aromatic N) is 3. The minimum absolute atomic E-state index is 0.0219. The van der Waals surface area contributed by atoms with Crippen molar-refractivity contribution >= 4 is 23.5 Å². The number of fused-ring (bicyclic) bond motifs is 2. The molecule has 2 N–H and O–H groups in total. The Labute approximate surface area is 208 Å². The number of aliphatic imine (C=N–C) groups is 1. The summed E-state index contributed by atoms with van der Waals surface area (Å²) in [6.07, 6.45) is 12.2. The van der Waals surface area contributed by atoms with Crippen LogP contribution in [0.2, 0.25) is 0 Å². The van der Waals surface area contributed by atoms with E-state index in [1.165, 1.54) is 19.3 Å². The molecule has 4 rings (SSSR count). The number of nitrogens with one attached hydrogen (secondary N) is 1. The van der Waals surface area contributed by atoms with Gasteiger partial charge in [0.15, 0.2) is 0 Å². The summed E-state index contributed by atoms with van der Waals surface area (Å²) in [4.78, 5) is 33.3. The fraction of sp³-hybridized carbons (Fsp3) is 0.667. The fourth-order valence-electron chi connectivity index (χ4n) is 5.27. The number of aliphatic hydroxyl groups is 1. The minimum Gasteiger partial charge on any atom is -0.494 e. The van der Waals surface area contributed by atoms with Crippen LogP contribution in [0.25, 0.3) is 0 Å². The average molecular weight is 485 g/mol. The van der Waals surface area contributed by atoms with Gasteiger partial charge in [0, 0.05) is 38.2 Å². The van der Waals surface area contributed by atoms with Crippen molar-refractivity contribution < 1.29 is 19.4 Å². The molecule has 2 fully saturated rings. The van der Waals surface area contributed by atoms with Gasteiger partial charge in [0.05, 0.1) is 12.3 Å². The van der Waals surface area contributed by atoms with Gasteiger partial charge >= 0.3 is 0 Å². The number of unbranched alkanes of at least 4 members (excludes halogenated alkanes) is 4. The van der Waals surface area contributed by atoms with Crippen molar-refractivity contribution in [2.24, 2.45) is 4.99 Å². The first-order valence-corrected chi connectivity index (χ1v) is 13.4. The Morgan fingerprint density at radius 2 is 1.91 bits per heavy atom. The van der Waals surface area contributed by atoms with Gasteiger partial charge in [-0.15, -0.1) is 0 Å². The van der Waals surface area contributed by atoms with Gasteiger partial charge < -0.3 is 19.6 Å². The van der Waals surface area contributed by atoms with Crippen LogP contribution >= 0.6 is 0 Å². The lowest BCUT2D eigenvalue weighted by Crippen LogP contribution is -2.42. The summed E-state index contributed by atoms with van der Waals surface area (Å²) in [5.74, 6) is 1.65. The third-order valence-corrected chi connectivity index (χ3v) is 7.23. The number of hydrogen-bond acceptors (Lipinski definition) is 6. The molecule has 8 nitrogen and oxygen atoms in total. The molecule has 1 saturated carbocycles. The molecule has 0 atom stereocenters. The lowest BCUT2D eigenvalue weighted by molar-refractivity contribution is -0.134. The molecule has 0 bridgehead atoms. The fourth-order valence-corrected chi connectivity index (χ4v) is 5.27. The maximum atomic E-state index is 13.1. The Kier molecular flexibility index (Phi) is 9.40. The Morgan fingerprint density at radius 3 is 2.74 bits per heavy atom. The highest BCUT2D eigenvalue weighted by Crippen LogP contribution is 2.31. The molecule has 35 heavy (non-hydrogen) atoms. The number of hydrogen-bond donors (Lipinski definition) is 2. The van der Waals surface area contributed by atoms with Crippen molar-refractivity contribution in [3.63, 3.8) is 0 Å². The number of carbonyl (C=O) groups is 2. The molecule has 2 amide bonds. The second-order valence-electron chi connectivity index (χ2n) is 9.95. The van der Waals surface area contributed by atoms with Gasteiger partial charge in [-0.3, -0.25) is 14.9 Å². The molecule has 1 saturated heterocycles. The Hall–Kier alpha value is -2.61. The molecular formula is C27H40N4O4. The molecule has 2 heterocycles. The van der Waals surface area contributed by atoms with E-state index in [0.29, 0.717) is 38.1 Å². The van der Waals surface area contributed by atoms with Crippen molar-refractivity contribution in [1.29, 1.82) is 0 Å². The number of aliphatic hydroxyl groups excluding tert-OH is 1. The van der Waals surface area contributed by atoms with Crippen molar-refractivity contribution in [2.75, 3.05) is 26.3 Å². The number of benzene rings is 1. The molecule has 0 unspecified atom stereocenters. The van der Waals surface area contributed by atoms with E-state index in [9.17, 15) is 9.59 Å². The normalized spacial score (nSPS) is 17.5. The van der Waals surface area contributed by atoms with Crippen LogP contribution in [0.1, 0.15) is 82.6 Å². The summed E-state index contributed by atoms with van der Waals surface area (Å²) in [5.41, 5.74) is 1.93. The van der Waals surface area contributed by atoms with Crippen LogP contribution in [-0.4, -0.2) is 65.0 Å². The van der Waals surface area contributed by atoms with Gasteiger partial charge in [0.2, 0.25) is 17.8 Å². The van der Waals surface area contributed by atoms with E-state index in [4.69, 9.17) is 9.84 Å². The summed E-state index contributed by atoms with van der Waals surface area (Å²) in [6, 6.07) is 6.30. The van der Waals surface area contributed by atoms with Crippen LogP contribution in [0.15, 0.2) is 23.2 Å². The highest BCUT2D eigenvalue weighted by molar-refractivity contribution is 6.05. The predicted octanol–water partition coefficient (Wildman–Crippen LogP) is 3.88. The second kappa shape index (κ2) is 12.9. The monoisotopic (exact) mass is 484 g/mol. The number of carbonyl (C=O) groups excluding carboxylic acids is 2. The summed E-state index contributed by atoms with van der Waals surface area (Å²) in [6.45, 7) is 2.70. The first kappa shape index (κ1) is 25.5. The van der Waals surface area contributed by atoms with Gasteiger partial charge in [-0.25, -0.2) is 4.99 Å². The predicted molar refractivity (Wildman–Crippen MR) is 136 cm³/mol. The maximum absolute atomic E-state index is 13.1. The zero-order chi connectivity index (χ0) is 24.5. The standard InChI is InChI=1S/C27H40N4O4/c32-16-8-2-1-7-15-31(22-10-4-3-5-11-22)26(34)12-6-9-17-35-23-14-13-21-19-30-20-25(33)29-27(30)28-24(21)18-23/h13-14,18,22,32H,1-12,15-17,19-20H2,(H,28,29,33). The van der Waals surface area contributed by atoms with E-state index < -0.39 is 0 Å². The van der Waals surface area contributed by atoms with Gasteiger partial charge in [0.25, 0.3) is 0 Å². The van der Waals surface area contributed by atoms with E-state index in [1.54, 1.807) is 0 Å². The molecule has 1 aromatic rings. The van der Waals surface area contributed by atoms with E-state index >= 15 is 0 Å². The molecule has 3 aliphatic rings. The van der Waals surface area contributed by atoms with Crippen LogP contribution < -0.4 is 10.1 Å². The Morgan fingerprint density at radius 1 is 1.09 bits per heavy atom. The second-order valence-corrected chi connectivity index (χ2v) is 9.95. The highest BCUT2D eigenvalue weighted by atomic mass is 16.5. The largest absolute Gasteiger partial charge is 0.494 e. The maximum Gasteiger partial charge on any atom is 0.246 e. The molecule has 0 radical (unpaired) electrons. The SMILES string of the molecule is O=C1CN2Cc3ccc(OCCCCC(=O)N(CCCCCCO)C4CCCCC4)cc3N=C2N1. The lowest BCUT2D eigenvalue weighted by atomic mass is 9.93. The van der Waals surface area contributed by atoms with E-state index in [1.807, 2.05) is 23.1 Å². The first-order chi connectivity index (χ1) is 17.1. The number of rotatable bonds is 13. The van der Waals surface area contributed by atoms with Crippen LogP contribution in [0.4, 0.5) is 5.69 Å². The lowest BCUT2D eigenvalue weighted by Gasteiger charge is -2.34. The number of amides is 2. The summed E-state index contributed by atoms with van der Waals surface area (Å²) in [5, 5.41) is 11.8. The topological polar surface area (TPSA) is 94.5 Å². The molecule has 2 aliphatic heterocycles. The molecule has 192 valence electrons. The Bertz CT molecular complexity index is 897. The van der Waals surface area contributed by atoms with Gasteiger partial charge in [-0.2, -0.15) is 0 Å². The minimum atomic E-state index is -0.0219. The van der Waals surface area contributed by atoms with Crippen LogP contribution in [0.3, 0.4) is 0 Å². The Balaban J connectivity index is 1.20.